The van der Waals surface area contributed by atoms with Crippen molar-refractivity contribution in [3.05, 3.63) is 60.8 Å². The molecule has 0 saturated carbocycles. The van der Waals surface area contributed by atoms with Gasteiger partial charge >= 0.3 is 0 Å². The average molecular weight is 1240 g/mol. The smallest absolute Gasteiger partial charge is 0.220 e. The minimum Gasteiger partial charge on any atom is -0.394 e. The Morgan fingerprint density at radius 3 is 1.25 bits per heavy atom. The van der Waals surface area contributed by atoms with E-state index in [0.29, 0.717) is 12.8 Å². The molecule has 3 saturated heterocycles. The van der Waals surface area contributed by atoms with Gasteiger partial charge in [0.25, 0.3) is 0 Å². The Morgan fingerprint density at radius 2 is 0.770 bits per heavy atom. The fraction of sp³-hybridized carbons (Fsp3) is 0.838. The van der Waals surface area contributed by atoms with Crippen LogP contribution < -0.4 is 5.32 Å². The number of carbonyl (C=O) groups excluding carboxylic acids is 1. The van der Waals surface area contributed by atoms with Crippen LogP contribution in [0.15, 0.2) is 60.8 Å². The zero-order valence-electron chi connectivity index (χ0n) is 53.2. The van der Waals surface area contributed by atoms with E-state index in [0.717, 1.165) is 57.8 Å². The second-order valence-electron chi connectivity index (χ2n) is 24.3. The molecule has 0 aromatic rings. The first-order valence-corrected chi connectivity index (χ1v) is 34.0. The molecule has 0 aromatic carbocycles. The summed E-state index contributed by atoms with van der Waals surface area (Å²) in [6, 6.07) is -0.988. The van der Waals surface area contributed by atoms with E-state index >= 15 is 0 Å². The fourth-order valence-electron chi connectivity index (χ4n) is 11.2. The predicted octanol–water partition coefficient (Wildman–Crippen LogP) is 8.38. The van der Waals surface area contributed by atoms with Gasteiger partial charge in [0.2, 0.25) is 5.91 Å². The standard InChI is InChI=1S/C68H121NO18/c1-3-5-7-9-11-13-14-15-16-17-18-19-20-21-22-23-24-25-26-27-28-29-30-31-32-33-34-35-36-38-40-42-44-46-56(74)69-51(52(73)45-43-41-39-37-12-10-8-6-4-2)50-82-66-62(80)59(77)64(54(48-71)84-66)87-68-63(81)60(78)65(55(49-72)85-68)86-67-61(79)58(76)57(75)53(47-70)83-67/h12,14-15,17-18,20-21,37,43,45,51-55,57-68,70-73,75-81H,3-11,13,16,19,22-36,38-42,44,46-50H2,1-2H3,(H,69,74)/b15-14-,18-17-,21-20-,37-12+,45-43+. The number of carbonyl (C=O) groups is 1. The van der Waals surface area contributed by atoms with Crippen LogP contribution in [-0.2, 0) is 33.2 Å². The topological polar surface area (TPSA) is 307 Å². The van der Waals surface area contributed by atoms with Crippen molar-refractivity contribution in [1.82, 2.24) is 5.32 Å². The quantitative estimate of drug-likeness (QED) is 0.0201. The van der Waals surface area contributed by atoms with E-state index in [1.165, 1.54) is 141 Å². The number of allylic oxidation sites excluding steroid dienone is 9. The van der Waals surface area contributed by atoms with Gasteiger partial charge < -0.3 is 89.9 Å². The number of nitrogens with one attached hydrogen (secondary N) is 1. The van der Waals surface area contributed by atoms with Gasteiger partial charge in [-0.2, -0.15) is 0 Å². The molecule has 3 rings (SSSR count). The van der Waals surface area contributed by atoms with Crippen LogP contribution in [-0.4, -0.2) is 193 Å². The number of hydrogen-bond donors (Lipinski definition) is 12. The van der Waals surface area contributed by atoms with E-state index in [9.17, 15) is 61.0 Å². The van der Waals surface area contributed by atoms with Gasteiger partial charge in [0.15, 0.2) is 18.9 Å². The molecule has 0 aromatic heterocycles. The van der Waals surface area contributed by atoms with Gasteiger partial charge in [-0.25, -0.2) is 0 Å². The Balaban J connectivity index is 1.33. The summed E-state index contributed by atoms with van der Waals surface area (Å²) in [7, 11) is 0. The van der Waals surface area contributed by atoms with Crippen LogP contribution in [0, 0.1) is 0 Å². The molecule has 1 amide bonds. The Bertz CT molecular complexity index is 1820. The van der Waals surface area contributed by atoms with Gasteiger partial charge in [-0.1, -0.05) is 216 Å². The van der Waals surface area contributed by atoms with E-state index in [-0.39, 0.29) is 18.9 Å². The minimum absolute atomic E-state index is 0.235. The lowest BCUT2D eigenvalue weighted by Gasteiger charge is -2.48. The molecule has 17 unspecified atom stereocenters. The van der Waals surface area contributed by atoms with Crippen molar-refractivity contribution in [3.8, 4) is 0 Å². The fourth-order valence-corrected chi connectivity index (χ4v) is 11.2. The highest BCUT2D eigenvalue weighted by Crippen LogP contribution is 2.33. The number of rotatable bonds is 51. The minimum atomic E-state index is -1.98. The maximum absolute atomic E-state index is 13.3. The van der Waals surface area contributed by atoms with Crippen molar-refractivity contribution in [2.75, 3.05) is 26.4 Å². The van der Waals surface area contributed by atoms with Crippen LogP contribution in [0.4, 0.5) is 0 Å². The zero-order valence-corrected chi connectivity index (χ0v) is 53.2. The van der Waals surface area contributed by atoms with Gasteiger partial charge in [0.1, 0.15) is 73.2 Å². The molecule has 0 radical (unpaired) electrons. The first-order chi connectivity index (χ1) is 42.3. The molecule has 12 N–H and O–H groups in total. The molecule has 3 fully saturated rings. The molecule has 3 aliphatic heterocycles. The Labute approximate surface area is 522 Å². The number of unbranched alkanes of at least 4 members (excludes halogenated alkanes) is 27. The third-order valence-corrected chi connectivity index (χ3v) is 16.8. The molecule has 19 nitrogen and oxygen atoms in total. The SMILES string of the molecule is CCCCC/C=C/CC/C=C/C(O)C(COC1OC(CO)C(OC2OC(CO)C(OC3OC(CO)C(O)C(O)C3O)C(O)C2O)C(O)C1O)NC(=O)CCCCCCCCCCCCCCCCCCCC/C=C\C/C=C\C/C=C\CCCCCCC. The molecular formula is C68H121NO18. The molecule has 3 aliphatic rings. The zero-order chi connectivity index (χ0) is 63.3. The summed E-state index contributed by atoms with van der Waals surface area (Å²) in [6.07, 6.45) is 34.0. The van der Waals surface area contributed by atoms with Gasteiger partial charge in [0.05, 0.1) is 38.6 Å². The molecule has 87 heavy (non-hydrogen) atoms. The summed E-state index contributed by atoms with van der Waals surface area (Å²) in [5.74, 6) is -0.288. The number of ether oxygens (including phenoxy) is 6. The van der Waals surface area contributed by atoms with Crippen molar-refractivity contribution < 1.29 is 89.4 Å². The monoisotopic (exact) mass is 1240 g/mol. The average Bonchev–Trinajstić information content (AvgIpc) is 3.66. The second kappa shape index (κ2) is 50.1. The predicted molar refractivity (Wildman–Crippen MR) is 337 cm³/mol. The van der Waals surface area contributed by atoms with Gasteiger partial charge in [0, 0.05) is 6.42 Å². The largest absolute Gasteiger partial charge is 0.394 e. The van der Waals surface area contributed by atoms with Crippen LogP contribution in [0.25, 0.3) is 0 Å². The molecule has 0 aliphatic carbocycles. The molecular weight excluding hydrogens is 1120 g/mol. The maximum atomic E-state index is 13.3. The highest BCUT2D eigenvalue weighted by molar-refractivity contribution is 5.76. The van der Waals surface area contributed by atoms with Gasteiger partial charge in [-0.05, 0) is 70.6 Å². The van der Waals surface area contributed by atoms with E-state index in [2.05, 4.69) is 67.8 Å². The molecule has 3 heterocycles. The summed E-state index contributed by atoms with van der Waals surface area (Å²) in [5, 5.41) is 120. The Hall–Kier alpha value is -2.51. The summed E-state index contributed by atoms with van der Waals surface area (Å²) in [6.45, 7) is 1.63. The molecule has 19 heteroatoms. The maximum Gasteiger partial charge on any atom is 0.220 e. The summed E-state index contributed by atoms with van der Waals surface area (Å²) >= 11 is 0. The molecule has 0 bridgehead atoms. The first kappa shape index (κ1) is 78.7. The number of amides is 1. The lowest BCUT2D eigenvalue weighted by Crippen LogP contribution is -2.66. The lowest BCUT2D eigenvalue weighted by molar-refractivity contribution is -0.379. The number of aliphatic hydroxyl groups is 11. The van der Waals surface area contributed by atoms with Crippen LogP contribution in [0.1, 0.15) is 232 Å². The van der Waals surface area contributed by atoms with Gasteiger partial charge in [-0.15, -0.1) is 0 Å². The lowest BCUT2D eigenvalue weighted by atomic mass is 9.96. The van der Waals surface area contributed by atoms with Crippen molar-refractivity contribution in [1.29, 1.82) is 0 Å². The summed E-state index contributed by atoms with van der Waals surface area (Å²) < 4.78 is 34.2. The Kier molecular flexibility index (Phi) is 45.3. The van der Waals surface area contributed by atoms with Crippen LogP contribution in [0.5, 0.6) is 0 Å². The summed E-state index contributed by atoms with van der Waals surface area (Å²) in [4.78, 5) is 13.3. The molecule has 17 atom stereocenters. The Morgan fingerprint density at radius 1 is 0.414 bits per heavy atom. The van der Waals surface area contributed by atoms with E-state index in [4.69, 9.17) is 28.4 Å². The van der Waals surface area contributed by atoms with Crippen LogP contribution in [0.3, 0.4) is 0 Å². The number of aliphatic hydroxyl groups excluding tert-OH is 11. The van der Waals surface area contributed by atoms with Crippen molar-refractivity contribution in [2.24, 2.45) is 0 Å². The van der Waals surface area contributed by atoms with Crippen LogP contribution in [0.2, 0.25) is 0 Å². The second-order valence-corrected chi connectivity index (χ2v) is 24.3. The van der Waals surface area contributed by atoms with Crippen molar-refractivity contribution in [3.63, 3.8) is 0 Å². The highest BCUT2D eigenvalue weighted by Gasteiger charge is 2.53. The molecule has 0 spiro atoms. The third kappa shape index (κ3) is 32.6. The van der Waals surface area contributed by atoms with Gasteiger partial charge in [-0.3, -0.25) is 4.79 Å². The van der Waals surface area contributed by atoms with E-state index in [1.54, 1.807) is 6.08 Å². The third-order valence-electron chi connectivity index (χ3n) is 16.8. The normalized spacial score (nSPS) is 29.0. The van der Waals surface area contributed by atoms with E-state index < -0.39 is 124 Å². The highest BCUT2D eigenvalue weighted by atomic mass is 16.8. The van der Waals surface area contributed by atoms with Crippen LogP contribution >= 0.6 is 0 Å². The van der Waals surface area contributed by atoms with Crippen molar-refractivity contribution >= 4 is 5.91 Å². The summed E-state index contributed by atoms with van der Waals surface area (Å²) in [5.41, 5.74) is 0. The molecule has 506 valence electrons. The number of hydrogen-bond acceptors (Lipinski definition) is 18. The van der Waals surface area contributed by atoms with Crippen molar-refractivity contribution in [2.45, 2.75) is 336 Å². The first-order valence-electron chi connectivity index (χ1n) is 34.0. The van der Waals surface area contributed by atoms with E-state index in [1.807, 2.05) is 6.08 Å².